The molecule has 0 spiro atoms. The van der Waals surface area contributed by atoms with Crippen molar-refractivity contribution in [2.75, 3.05) is 25.4 Å². The molecule has 1 rings (SSSR count). The van der Waals surface area contributed by atoms with Crippen molar-refractivity contribution >= 4 is 39.3 Å². The van der Waals surface area contributed by atoms with E-state index in [0.717, 1.165) is 0 Å². The van der Waals surface area contributed by atoms with Gasteiger partial charge in [0, 0.05) is 27.6 Å². The molecule has 0 N–H and O–H groups in total. The maximum Gasteiger partial charge on any atom is 0.410 e. The predicted octanol–water partition coefficient (Wildman–Crippen LogP) is 4.81. The van der Waals surface area contributed by atoms with Gasteiger partial charge in [-0.25, -0.2) is 4.79 Å². The molecule has 1 amide bonds. The predicted molar refractivity (Wildman–Crippen MR) is 113 cm³/mol. The number of carbonyl (C=O) groups excluding carboxylic acids is 2. The average Bonchev–Trinajstić information content (AvgIpc) is 2.67. The van der Waals surface area contributed by atoms with Crippen LogP contribution >= 0.6 is 21.6 Å². The van der Waals surface area contributed by atoms with E-state index in [9.17, 15) is 9.59 Å². The molecule has 0 saturated carbocycles. The molecule has 0 unspecified atom stereocenters. The molecule has 0 heterocycles. The minimum Gasteiger partial charge on any atom is -0.449 e. The standard InChI is InChI=1S/C18H23N5O4S2/c1-18(2,3)29-28-11-9-23(12-16(24)26-10-8-19)17(25)27-13-14-4-6-15(7-5-14)21-22-20/h4-7H,9-13H2,1-3H3. The molecule has 0 radical (unpaired) electrons. The zero-order valence-electron chi connectivity index (χ0n) is 16.5. The van der Waals surface area contributed by atoms with E-state index in [1.165, 1.54) is 4.90 Å². The zero-order valence-corrected chi connectivity index (χ0v) is 18.2. The summed E-state index contributed by atoms with van der Waals surface area (Å²) in [5.41, 5.74) is 9.57. The molecule has 9 nitrogen and oxygen atoms in total. The SMILES string of the molecule is CC(C)(C)SSCCN(CC(=O)OCC#N)C(=O)OCc1ccc(N=[N+]=[N-])cc1. The summed E-state index contributed by atoms with van der Waals surface area (Å²) in [5, 5.41) is 12.0. The molecule has 0 aromatic heterocycles. The molecule has 156 valence electrons. The van der Waals surface area contributed by atoms with E-state index in [0.29, 0.717) is 23.5 Å². The number of amides is 1. The van der Waals surface area contributed by atoms with E-state index >= 15 is 0 Å². The highest BCUT2D eigenvalue weighted by Gasteiger charge is 2.20. The van der Waals surface area contributed by atoms with Gasteiger partial charge < -0.3 is 9.47 Å². The molecular weight excluding hydrogens is 414 g/mol. The van der Waals surface area contributed by atoms with E-state index < -0.39 is 12.1 Å². The van der Waals surface area contributed by atoms with Crippen LogP contribution < -0.4 is 0 Å². The molecule has 11 heteroatoms. The molecular formula is C18H23N5O4S2. The Labute approximate surface area is 177 Å². The summed E-state index contributed by atoms with van der Waals surface area (Å²) in [7, 11) is 3.27. The first-order chi connectivity index (χ1) is 13.7. The summed E-state index contributed by atoms with van der Waals surface area (Å²) in [6.07, 6.45) is -0.653. The highest BCUT2D eigenvalue weighted by atomic mass is 33.1. The van der Waals surface area contributed by atoms with Crippen LogP contribution in [0.2, 0.25) is 0 Å². The van der Waals surface area contributed by atoms with Crippen LogP contribution in [-0.4, -0.2) is 47.2 Å². The van der Waals surface area contributed by atoms with E-state index in [-0.39, 0.29) is 24.5 Å². The normalized spacial score (nSPS) is 10.4. The van der Waals surface area contributed by atoms with Gasteiger partial charge in [0.05, 0.1) is 0 Å². The number of ether oxygens (including phenoxy) is 2. The third-order valence-corrected chi connectivity index (χ3v) is 6.41. The Hall–Kier alpha value is -2.54. The van der Waals surface area contributed by atoms with Crippen LogP contribution in [0.3, 0.4) is 0 Å². The fourth-order valence-corrected chi connectivity index (χ4v) is 4.13. The maximum atomic E-state index is 12.4. The van der Waals surface area contributed by atoms with Gasteiger partial charge in [0.2, 0.25) is 0 Å². The number of carbonyl (C=O) groups is 2. The number of hydrogen-bond donors (Lipinski definition) is 0. The van der Waals surface area contributed by atoms with Crippen molar-refractivity contribution in [3.63, 3.8) is 0 Å². The van der Waals surface area contributed by atoms with E-state index in [4.69, 9.17) is 20.3 Å². The van der Waals surface area contributed by atoms with Crippen molar-refractivity contribution in [2.24, 2.45) is 5.11 Å². The minimum absolute atomic E-state index is 0.00298. The molecule has 0 atom stereocenters. The maximum absolute atomic E-state index is 12.4. The summed E-state index contributed by atoms with van der Waals surface area (Å²) in [5.74, 6) is -0.0700. The van der Waals surface area contributed by atoms with Crippen LogP contribution in [0, 0.1) is 11.3 Å². The third kappa shape index (κ3) is 11.1. The van der Waals surface area contributed by atoms with Crippen molar-refractivity contribution in [3.05, 3.63) is 40.3 Å². The fraction of sp³-hybridized carbons (Fsp3) is 0.500. The summed E-state index contributed by atoms with van der Waals surface area (Å²) in [6, 6.07) is 8.30. The van der Waals surface area contributed by atoms with Gasteiger partial charge in [-0.2, -0.15) is 5.26 Å². The number of esters is 1. The molecule has 1 aromatic carbocycles. The second-order valence-electron chi connectivity index (χ2n) is 6.67. The summed E-state index contributed by atoms with van der Waals surface area (Å²) < 4.78 is 10.1. The van der Waals surface area contributed by atoms with Crippen LogP contribution in [0.5, 0.6) is 0 Å². The van der Waals surface area contributed by atoms with E-state index in [1.54, 1.807) is 51.9 Å². The van der Waals surface area contributed by atoms with Gasteiger partial charge in [0.1, 0.15) is 19.2 Å². The second-order valence-corrected chi connectivity index (χ2v) is 9.91. The van der Waals surface area contributed by atoms with Crippen molar-refractivity contribution < 1.29 is 19.1 Å². The summed E-state index contributed by atoms with van der Waals surface area (Å²) in [4.78, 5) is 28.2. The first-order valence-electron chi connectivity index (χ1n) is 8.64. The third-order valence-electron chi connectivity index (χ3n) is 3.09. The van der Waals surface area contributed by atoms with Gasteiger partial charge in [0.15, 0.2) is 6.61 Å². The topological polar surface area (TPSA) is 128 Å². The largest absolute Gasteiger partial charge is 0.449 e. The molecule has 0 fully saturated rings. The van der Waals surface area contributed by atoms with Crippen molar-refractivity contribution in [2.45, 2.75) is 32.1 Å². The van der Waals surface area contributed by atoms with Crippen molar-refractivity contribution in [3.8, 4) is 6.07 Å². The Bertz CT molecular complexity index is 768. The van der Waals surface area contributed by atoms with Crippen LogP contribution in [0.4, 0.5) is 10.5 Å². The lowest BCUT2D eigenvalue weighted by Gasteiger charge is -2.22. The van der Waals surface area contributed by atoms with Crippen molar-refractivity contribution in [1.82, 2.24) is 4.90 Å². The first-order valence-corrected chi connectivity index (χ1v) is 11.0. The monoisotopic (exact) mass is 437 g/mol. The van der Waals surface area contributed by atoms with Crippen LogP contribution in [0.1, 0.15) is 26.3 Å². The Balaban J connectivity index is 2.63. The number of benzene rings is 1. The lowest BCUT2D eigenvalue weighted by atomic mass is 10.2. The van der Waals surface area contributed by atoms with Crippen LogP contribution in [0.25, 0.3) is 10.4 Å². The van der Waals surface area contributed by atoms with E-state index in [2.05, 4.69) is 30.8 Å². The van der Waals surface area contributed by atoms with Crippen molar-refractivity contribution in [1.29, 1.82) is 5.26 Å². The lowest BCUT2D eigenvalue weighted by Crippen LogP contribution is -2.38. The number of azide groups is 1. The quantitative estimate of drug-likeness (QED) is 0.128. The number of hydrogen-bond acceptors (Lipinski definition) is 8. The first kappa shape index (κ1) is 24.5. The fourth-order valence-electron chi connectivity index (χ4n) is 1.86. The second kappa shape index (κ2) is 12.8. The summed E-state index contributed by atoms with van der Waals surface area (Å²) >= 11 is 0. The molecule has 0 aliphatic heterocycles. The highest BCUT2D eigenvalue weighted by Crippen LogP contribution is 2.34. The van der Waals surface area contributed by atoms with Crippen LogP contribution in [-0.2, 0) is 20.9 Å². The summed E-state index contributed by atoms with van der Waals surface area (Å²) in [6.45, 7) is 5.90. The lowest BCUT2D eigenvalue weighted by molar-refractivity contribution is -0.143. The van der Waals surface area contributed by atoms with Gasteiger partial charge in [0.25, 0.3) is 0 Å². The molecule has 0 aliphatic rings. The van der Waals surface area contributed by atoms with Gasteiger partial charge in [-0.1, -0.05) is 71.7 Å². The molecule has 1 aromatic rings. The smallest absolute Gasteiger partial charge is 0.410 e. The van der Waals surface area contributed by atoms with Crippen LogP contribution in [0.15, 0.2) is 29.4 Å². The Morgan fingerprint density at radius 2 is 1.97 bits per heavy atom. The van der Waals surface area contributed by atoms with Gasteiger partial charge in [-0.3, -0.25) is 9.69 Å². The molecule has 0 saturated heterocycles. The highest BCUT2D eigenvalue weighted by molar-refractivity contribution is 8.77. The van der Waals surface area contributed by atoms with E-state index in [1.807, 2.05) is 0 Å². The number of nitriles is 1. The van der Waals surface area contributed by atoms with Gasteiger partial charge in [-0.15, -0.1) is 0 Å². The van der Waals surface area contributed by atoms with Gasteiger partial charge >= 0.3 is 12.1 Å². The van der Waals surface area contributed by atoms with Gasteiger partial charge in [-0.05, 0) is 11.1 Å². The molecule has 0 bridgehead atoms. The average molecular weight is 438 g/mol. The Morgan fingerprint density at radius 3 is 2.55 bits per heavy atom. The minimum atomic E-state index is -0.671. The number of nitrogens with zero attached hydrogens (tertiary/aromatic N) is 5. The zero-order chi connectivity index (χ0) is 21.7. The number of rotatable bonds is 10. The molecule has 29 heavy (non-hydrogen) atoms. The Kier molecular flexibility index (Phi) is 10.8. The Morgan fingerprint density at radius 1 is 1.28 bits per heavy atom. The molecule has 0 aliphatic carbocycles.